The first kappa shape index (κ1) is 20.5. The molecule has 7 heteroatoms. The van der Waals surface area contributed by atoms with Gasteiger partial charge in [-0.1, -0.05) is 0 Å². The van der Waals surface area contributed by atoms with Crippen molar-refractivity contribution < 1.29 is 9.59 Å². The Morgan fingerprint density at radius 3 is 2.61 bits per heavy atom. The molecule has 6 nitrogen and oxygen atoms in total. The van der Waals surface area contributed by atoms with Crippen molar-refractivity contribution in [1.82, 2.24) is 14.7 Å². The average Bonchev–Trinajstić information content (AvgIpc) is 3.04. The van der Waals surface area contributed by atoms with Crippen LogP contribution in [0.1, 0.15) is 37.1 Å². The van der Waals surface area contributed by atoms with Gasteiger partial charge in [-0.05, 0) is 69.7 Å². The maximum Gasteiger partial charge on any atom is 0.247 e. The van der Waals surface area contributed by atoms with Crippen molar-refractivity contribution in [2.24, 2.45) is 0 Å². The molecular weight excluding hydrogens is 372 g/mol. The summed E-state index contributed by atoms with van der Waals surface area (Å²) in [5, 5.41) is 7.47. The lowest BCUT2D eigenvalue weighted by Crippen LogP contribution is -2.50. The maximum atomic E-state index is 12.8. The lowest BCUT2D eigenvalue weighted by molar-refractivity contribution is -0.140. The molecule has 0 saturated carbocycles. The third-order valence-corrected chi connectivity index (χ3v) is 5.65. The van der Waals surface area contributed by atoms with Gasteiger partial charge in [-0.15, -0.1) is 0 Å². The van der Waals surface area contributed by atoms with E-state index >= 15 is 0 Å². The maximum absolute atomic E-state index is 12.8. The number of amides is 2. The molecule has 1 fully saturated rings. The van der Waals surface area contributed by atoms with E-state index in [0.717, 1.165) is 47.8 Å². The van der Waals surface area contributed by atoms with Crippen molar-refractivity contribution >= 4 is 29.3 Å². The number of anilines is 1. The second kappa shape index (κ2) is 9.28. The number of hydrogen-bond acceptors (Lipinski definition) is 4. The molecule has 1 aliphatic heterocycles. The number of carbonyl (C=O) groups is 2. The molecule has 0 aliphatic carbocycles. The van der Waals surface area contributed by atoms with Gasteiger partial charge in [0.2, 0.25) is 11.8 Å². The highest BCUT2D eigenvalue weighted by molar-refractivity contribution is 7.98. The SMILES string of the molecule is CSCCC(=O)N1CCCCC1C(=O)Nc1ccc(-n2nc(C)cc2C)cc1. The predicted molar refractivity (Wildman–Crippen MR) is 114 cm³/mol. The van der Waals surface area contributed by atoms with E-state index in [0.29, 0.717) is 13.0 Å². The molecule has 150 valence electrons. The normalized spacial score (nSPS) is 16.8. The summed E-state index contributed by atoms with van der Waals surface area (Å²) in [6.45, 7) is 4.65. The number of nitrogens with one attached hydrogen (secondary N) is 1. The number of thioether (sulfide) groups is 1. The van der Waals surface area contributed by atoms with Gasteiger partial charge in [-0.2, -0.15) is 16.9 Å². The molecule has 2 amide bonds. The second-order valence-electron chi connectivity index (χ2n) is 7.22. The van der Waals surface area contributed by atoms with E-state index < -0.39 is 0 Å². The molecule has 1 aliphatic rings. The van der Waals surface area contributed by atoms with Crippen molar-refractivity contribution in [2.75, 3.05) is 23.9 Å². The summed E-state index contributed by atoms with van der Waals surface area (Å²) in [6.07, 6.45) is 5.14. The Morgan fingerprint density at radius 2 is 1.96 bits per heavy atom. The van der Waals surface area contributed by atoms with E-state index in [2.05, 4.69) is 10.4 Å². The number of carbonyl (C=O) groups excluding carboxylic acids is 2. The van der Waals surface area contributed by atoms with Gasteiger partial charge in [0.25, 0.3) is 0 Å². The van der Waals surface area contributed by atoms with E-state index in [-0.39, 0.29) is 17.9 Å². The van der Waals surface area contributed by atoms with Crippen LogP contribution in [0, 0.1) is 13.8 Å². The molecule has 2 aromatic rings. The fourth-order valence-electron chi connectivity index (χ4n) is 3.64. The van der Waals surface area contributed by atoms with Crippen LogP contribution in [0.4, 0.5) is 5.69 Å². The Bertz CT molecular complexity index is 831. The number of nitrogens with zero attached hydrogens (tertiary/aromatic N) is 3. The van der Waals surface area contributed by atoms with Gasteiger partial charge in [0.1, 0.15) is 6.04 Å². The third kappa shape index (κ3) is 4.76. The largest absolute Gasteiger partial charge is 0.331 e. The molecule has 1 atom stereocenters. The van der Waals surface area contributed by atoms with Gasteiger partial charge in [0.05, 0.1) is 11.4 Å². The standard InChI is InChI=1S/C21H28N4O2S/c1-15-14-16(2)25(23-15)18-9-7-17(8-10-18)22-21(27)19-6-4-5-12-24(19)20(26)11-13-28-3/h7-10,14,19H,4-6,11-13H2,1-3H3,(H,22,27). The quantitative estimate of drug-likeness (QED) is 0.805. The van der Waals surface area contributed by atoms with E-state index in [1.165, 1.54) is 0 Å². The van der Waals surface area contributed by atoms with E-state index in [9.17, 15) is 9.59 Å². The molecule has 3 rings (SSSR count). The van der Waals surface area contributed by atoms with Crippen LogP contribution in [0.2, 0.25) is 0 Å². The van der Waals surface area contributed by atoms with Gasteiger partial charge >= 0.3 is 0 Å². The Kier molecular flexibility index (Phi) is 6.78. The predicted octanol–water partition coefficient (Wildman–Crippen LogP) is 3.56. The molecule has 0 radical (unpaired) electrons. The number of likely N-dealkylation sites (tertiary alicyclic amines) is 1. The topological polar surface area (TPSA) is 67.2 Å². The average molecular weight is 401 g/mol. The van der Waals surface area contributed by atoms with E-state index in [4.69, 9.17) is 0 Å². The van der Waals surface area contributed by atoms with E-state index in [1.54, 1.807) is 16.7 Å². The van der Waals surface area contributed by atoms with Crippen molar-refractivity contribution in [2.45, 2.75) is 45.6 Å². The number of aryl methyl sites for hydroxylation is 2. The van der Waals surface area contributed by atoms with Crippen molar-refractivity contribution in [3.05, 3.63) is 41.7 Å². The summed E-state index contributed by atoms with van der Waals surface area (Å²) < 4.78 is 1.88. The Hall–Kier alpha value is -2.28. The number of piperidine rings is 1. The van der Waals surface area contributed by atoms with Crippen molar-refractivity contribution in [3.63, 3.8) is 0 Å². The fraction of sp³-hybridized carbons (Fsp3) is 0.476. The lowest BCUT2D eigenvalue weighted by Gasteiger charge is -2.34. The first-order valence-corrected chi connectivity index (χ1v) is 11.1. The fourth-order valence-corrected chi connectivity index (χ4v) is 4.02. The summed E-state index contributed by atoms with van der Waals surface area (Å²) in [5.41, 5.74) is 3.72. The summed E-state index contributed by atoms with van der Waals surface area (Å²) in [6, 6.07) is 9.30. The van der Waals surface area contributed by atoms with Crippen LogP contribution in [0.15, 0.2) is 30.3 Å². The van der Waals surface area contributed by atoms with Crippen LogP contribution in [0.25, 0.3) is 5.69 Å². The zero-order valence-corrected chi connectivity index (χ0v) is 17.6. The molecule has 2 heterocycles. The smallest absolute Gasteiger partial charge is 0.247 e. The van der Waals surface area contributed by atoms with Crippen molar-refractivity contribution in [3.8, 4) is 5.69 Å². The first-order chi connectivity index (χ1) is 13.5. The second-order valence-corrected chi connectivity index (χ2v) is 8.20. The molecule has 28 heavy (non-hydrogen) atoms. The third-order valence-electron chi connectivity index (χ3n) is 5.03. The summed E-state index contributed by atoms with van der Waals surface area (Å²) in [4.78, 5) is 27.1. The first-order valence-electron chi connectivity index (χ1n) is 9.72. The molecule has 1 saturated heterocycles. The lowest BCUT2D eigenvalue weighted by atomic mass is 10.0. The number of hydrogen-bond donors (Lipinski definition) is 1. The zero-order valence-electron chi connectivity index (χ0n) is 16.8. The molecular formula is C21H28N4O2S. The molecule has 1 aromatic carbocycles. The van der Waals surface area contributed by atoms with Gasteiger partial charge in [0.15, 0.2) is 0 Å². The van der Waals surface area contributed by atoms with Crippen LogP contribution < -0.4 is 5.32 Å². The molecule has 1 N–H and O–H groups in total. The summed E-state index contributed by atoms with van der Waals surface area (Å²) in [5.74, 6) is 0.766. The monoisotopic (exact) mass is 400 g/mol. The molecule has 1 unspecified atom stereocenters. The van der Waals surface area contributed by atoms with Crippen LogP contribution >= 0.6 is 11.8 Å². The van der Waals surface area contributed by atoms with Gasteiger partial charge in [-0.3, -0.25) is 9.59 Å². The van der Waals surface area contributed by atoms with Crippen molar-refractivity contribution in [1.29, 1.82) is 0 Å². The molecule has 1 aromatic heterocycles. The van der Waals surface area contributed by atoms with E-state index in [1.807, 2.05) is 55.1 Å². The minimum absolute atomic E-state index is 0.0778. The highest BCUT2D eigenvalue weighted by atomic mass is 32.2. The highest BCUT2D eigenvalue weighted by Gasteiger charge is 2.31. The van der Waals surface area contributed by atoms with Gasteiger partial charge in [-0.25, -0.2) is 4.68 Å². The Balaban J connectivity index is 1.67. The summed E-state index contributed by atoms with van der Waals surface area (Å²) in [7, 11) is 0. The number of aromatic nitrogens is 2. The Morgan fingerprint density at radius 1 is 1.21 bits per heavy atom. The van der Waals surface area contributed by atoms with Crippen LogP contribution in [0.5, 0.6) is 0 Å². The van der Waals surface area contributed by atoms with Gasteiger partial charge in [0, 0.05) is 30.1 Å². The van der Waals surface area contributed by atoms with Crippen LogP contribution in [0.3, 0.4) is 0 Å². The molecule has 0 bridgehead atoms. The Labute approximate surface area is 170 Å². The zero-order chi connectivity index (χ0) is 20.1. The highest BCUT2D eigenvalue weighted by Crippen LogP contribution is 2.21. The molecule has 0 spiro atoms. The van der Waals surface area contributed by atoms with Gasteiger partial charge < -0.3 is 10.2 Å². The minimum Gasteiger partial charge on any atom is -0.331 e. The van der Waals surface area contributed by atoms with Crippen LogP contribution in [-0.2, 0) is 9.59 Å². The summed E-state index contributed by atoms with van der Waals surface area (Å²) >= 11 is 1.65. The van der Waals surface area contributed by atoms with Crippen LogP contribution in [-0.4, -0.2) is 51.1 Å². The number of benzene rings is 1. The minimum atomic E-state index is -0.376. The number of rotatable bonds is 6.